The molecule has 1 aromatic heterocycles. The second kappa shape index (κ2) is 4.23. The Kier molecular flexibility index (Phi) is 2.78. The van der Waals surface area contributed by atoms with E-state index in [0.717, 1.165) is 4.88 Å². The maximum atomic E-state index is 11.8. The van der Waals surface area contributed by atoms with E-state index in [1.807, 2.05) is 12.1 Å². The van der Waals surface area contributed by atoms with E-state index in [1.54, 1.807) is 23.8 Å². The van der Waals surface area contributed by atoms with Gasteiger partial charge in [-0.2, -0.15) is 0 Å². The number of aromatic nitrogens is 1. The average molecular weight is 218 g/mol. The lowest BCUT2D eigenvalue weighted by molar-refractivity contribution is 0.0994. The summed E-state index contributed by atoms with van der Waals surface area (Å²) in [4.78, 5) is 16.7. The molecule has 3 nitrogen and oxygen atoms in total. The van der Waals surface area contributed by atoms with E-state index in [9.17, 15) is 4.79 Å². The number of anilines is 1. The quantitative estimate of drug-likeness (QED) is 0.634. The molecule has 0 fully saturated rings. The van der Waals surface area contributed by atoms with Crippen molar-refractivity contribution < 1.29 is 4.79 Å². The molecule has 0 bridgehead atoms. The monoisotopic (exact) mass is 218 g/mol. The molecule has 0 radical (unpaired) electrons. The highest BCUT2D eigenvalue weighted by molar-refractivity contribution is 7.09. The van der Waals surface area contributed by atoms with Crippen molar-refractivity contribution in [2.24, 2.45) is 0 Å². The van der Waals surface area contributed by atoms with Crippen LogP contribution in [0.5, 0.6) is 0 Å². The Morgan fingerprint density at radius 3 is 2.87 bits per heavy atom. The summed E-state index contributed by atoms with van der Waals surface area (Å²) in [7, 11) is 0. The fraction of sp³-hybridized carbons (Fsp3) is 0.0909. The van der Waals surface area contributed by atoms with Gasteiger partial charge < -0.3 is 5.73 Å². The third kappa shape index (κ3) is 2.22. The Bertz CT molecular complexity index is 465. The number of nitrogens with two attached hydrogens (primary N) is 1. The molecule has 1 aromatic carbocycles. The summed E-state index contributed by atoms with van der Waals surface area (Å²) in [5, 5.41) is 0. The van der Waals surface area contributed by atoms with Gasteiger partial charge in [0.1, 0.15) is 0 Å². The van der Waals surface area contributed by atoms with Gasteiger partial charge in [-0.15, -0.1) is 11.3 Å². The second-order valence-electron chi connectivity index (χ2n) is 3.15. The van der Waals surface area contributed by atoms with Crippen molar-refractivity contribution in [3.8, 4) is 0 Å². The lowest BCUT2D eigenvalue weighted by Crippen LogP contribution is -2.05. The van der Waals surface area contributed by atoms with Crippen LogP contribution in [0.2, 0.25) is 0 Å². The summed E-state index contributed by atoms with van der Waals surface area (Å²) < 4.78 is 0. The average Bonchev–Trinajstić information content (AvgIpc) is 2.71. The van der Waals surface area contributed by atoms with E-state index in [2.05, 4.69) is 4.98 Å². The molecule has 0 aliphatic heterocycles. The topological polar surface area (TPSA) is 56.0 Å². The Morgan fingerprint density at radius 1 is 1.40 bits per heavy atom. The molecule has 2 aromatic rings. The fourth-order valence-electron chi connectivity index (χ4n) is 1.33. The Labute approximate surface area is 91.6 Å². The van der Waals surface area contributed by atoms with Crippen LogP contribution >= 0.6 is 11.3 Å². The summed E-state index contributed by atoms with van der Waals surface area (Å²) in [6.45, 7) is 0. The van der Waals surface area contributed by atoms with E-state index in [0.29, 0.717) is 17.7 Å². The fourth-order valence-corrected chi connectivity index (χ4v) is 1.93. The van der Waals surface area contributed by atoms with Gasteiger partial charge in [0, 0.05) is 28.7 Å². The van der Waals surface area contributed by atoms with Gasteiger partial charge >= 0.3 is 0 Å². The Balaban J connectivity index is 2.19. The highest BCUT2D eigenvalue weighted by Gasteiger charge is 2.10. The predicted octanol–water partition coefficient (Wildman–Crippen LogP) is 2.15. The Morgan fingerprint density at radius 2 is 2.20 bits per heavy atom. The number of hydrogen-bond donors (Lipinski definition) is 1. The molecular formula is C11H10N2OS. The molecule has 15 heavy (non-hydrogen) atoms. The van der Waals surface area contributed by atoms with Crippen LogP contribution in [0.4, 0.5) is 5.69 Å². The molecule has 0 aliphatic carbocycles. The number of rotatable bonds is 3. The zero-order chi connectivity index (χ0) is 10.7. The van der Waals surface area contributed by atoms with Crippen molar-refractivity contribution in [2.45, 2.75) is 6.42 Å². The summed E-state index contributed by atoms with van der Waals surface area (Å²) >= 11 is 1.48. The van der Waals surface area contributed by atoms with Crippen molar-refractivity contribution >= 4 is 22.8 Å². The minimum atomic E-state index is 0.0392. The van der Waals surface area contributed by atoms with Crippen LogP contribution < -0.4 is 5.73 Å². The summed E-state index contributed by atoms with van der Waals surface area (Å²) in [5.41, 5.74) is 8.56. The van der Waals surface area contributed by atoms with E-state index >= 15 is 0 Å². The van der Waals surface area contributed by atoms with Crippen LogP contribution in [0, 0.1) is 0 Å². The number of carbonyl (C=O) groups is 1. The van der Waals surface area contributed by atoms with Crippen molar-refractivity contribution in [1.82, 2.24) is 4.98 Å². The van der Waals surface area contributed by atoms with Gasteiger partial charge in [-0.1, -0.05) is 12.1 Å². The molecule has 0 saturated heterocycles. The number of nitrogen functional groups attached to an aromatic ring is 1. The smallest absolute Gasteiger partial charge is 0.170 e. The number of thiazole rings is 1. The first-order valence-corrected chi connectivity index (χ1v) is 5.40. The molecule has 0 aliphatic rings. The first kappa shape index (κ1) is 9.86. The summed E-state index contributed by atoms with van der Waals surface area (Å²) in [6, 6.07) is 7.12. The highest BCUT2D eigenvalue weighted by atomic mass is 32.1. The first-order chi connectivity index (χ1) is 7.27. The highest BCUT2D eigenvalue weighted by Crippen LogP contribution is 2.15. The predicted molar refractivity (Wildman–Crippen MR) is 61.0 cm³/mol. The molecule has 76 valence electrons. The molecule has 0 atom stereocenters. The van der Waals surface area contributed by atoms with Gasteiger partial charge in [-0.05, 0) is 12.1 Å². The molecule has 2 N–H and O–H groups in total. The van der Waals surface area contributed by atoms with Crippen LogP contribution in [0.15, 0.2) is 36.0 Å². The molecule has 2 rings (SSSR count). The third-order valence-corrected chi connectivity index (χ3v) is 2.86. The summed E-state index contributed by atoms with van der Waals surface area (Å²) in [6.07, 6.45) is 2.08. The third-order valence-electron chi connectivity index (χ3n) is 2.08. The zero-order valence-electron chi connectivity index (χ0n) is 8.01. The molecule has 0 saturated carbocycles. The summed E-state index contributed by atoms with van der Waals surface area (Å²) in [5.74, 6) is 0.0392. The number of benzene rings is 1. The van der Waals surface area contributed by atoms with Crippen molar-refractivity contribution in [3.05, 3.63) is 46.4 Å². The normalized spacial score (nSPS) is 10.1. The number of nitrogens with zero attached hydrogens (tertiary/aromatic N) is 1. The minimum Gasteiger partial charge on any atom is -0.398 e. The van der Waals surface area contributed by atoms with Crippen LogP contribution in [-0.4, -0.2) is 10.8 Å². The van der Waals surface area contributed by atoms with Crippen molar-refractivity contribution in [2.75, 3.05) is 5.73 Å². The molecular weight excluding hydrogens is 208 g/mol. The molecule has 1 heterocycles. The zero-order valence-corrected chi connectivity index (χ0v) is 8.83. The minimum absolute atomic E-state index is 0.0392. The van der Waals surface area contributed by atoms with Crippen LogP contribution in [0.1, 0.15) is 15.2 Å². The van der Waals surface area contributed by atoms with Gasteiger partial charge in [0.25, 0.3) is 0 Å². The molecule has 0 spiro atoms. The van der Waals surface area contributed by atoms with Gasteiger partial charge in [-0.25, -0.2) is 0 Å². The van der Waals surface area contributed by atoms with Crippen LogP contribution in [-0.2, 0) is 6.42 Å². The lowest BCUT2D eigenvalue weighted by atomic mass is 10.1. The largest absolute Gasteiger partial charge is 0.398 e. The van der Waals surface area contributed by atoms with E-state index in [-0.39, 0.29) is 5.78 Å². The van der Waals surface area contributed by atoms with Gasteiger partial charge in [0.2, 0.25) is 0 Å². The first-order valence-electron chi connectivity index (χ1n) is 4.52. The van der Waals surface area contributed by atoms with Gasteiger partial charge in [-0.3, -0.25) is 9.78 Å². The van der Waals surface area contributed by atoms with Crippen LogP contribution in [0.25, 0.3) is 0 Å². The maximum Gasteiger partial charge on any atom is 0.170 e. The molecule has 0 amide bonds. The van der Waals surface area contributed by atoms with Crippen molar-refractivity contribution in [3.63, 3.8) is 0 Å². The van der Waals surface area contributed by atoms with E-state index < -0.39 is 0 Å². The molecule has 4 heteroatoms. The molecule has 0 unspecified atom stereocenters. The maximum absolute atomic E-state index is 11.8. The number of Topliss-reactive ketones (excluding diaryl/α,β-unsaturated/α-hetero) is 1. The Hall–Kier alpha value is -1.68. The van der Waals surface area contributed by atoms with Crippen LogP contribution in [0.3, 0.4) is 0 Å². The number of ketones is 1. The number of hydrogen-bond acceptors (Lipinski definition) is 4. The van der Waals surface area contributed by atoms with E-state index in [4.69, 9.17) is 5.73 Å². The number of carbonyl (C=O) groups excluding carboxylic acids is 1. The van der Waals surface area contributed by atoms with Crippen molar-refractivity contribution in [1.29, 1.82) is 0 Å². The SMILES string of the molecule is Nc1ccccc1C(=O)Cc1cncs1. The van der Waals surface area contributed by atoms with Gasteiger partial charge in [0.05, 0.1) is 5.51 Å². The lowest BCUT2D eigenvalue weighted by Gasteiger charge is -2.02. The second-order valence-corrected chi connectivity index (χ2v) is 4.13. The standard InChI is InChI=1S/C11H10N2OS/c12-10-4-2-1-3-9(10)11(14)5-8-6-13-7-15-8/h1-4,6-7H,5,12H2. The number of para-hydroxylation sites is 1. The van der Waals surface area contributed by atoms with E-state index in [1.165, 1.54) is 11.3 Å². The van der Waals surface area contributed by atoms with Gasteiger partial charge in [0.15, 0.2) is 5.78 Å².